The van der Waals surface area contributed by atoms with Crippen molar-refractivity contribution in [2.75, 3.05) is 11.6 Å². The molecule has 1 amide bonds. The highest BCUT2D eigenvalue weighted by atomic mass is 127. The highest BCUT2D eigenvalue weighted by Gasteiger charge is 2.02. The molecule has 0 saturated carbocycles. The van der Waals surface area contributed by atoms with Crippen molar-refractivity contribution in [2.24, 2.45) is 0 Å². The molecule has 0 fully saturated rings. The number of carbonyl (C=O) groups is 1. The van der Waals surface area contributed by atoms with Crippen LogP contribution in [0.4, 0.5) is 5.69 Å². The van der Waals surface area contributed by atoms with Crippen LogP contribution in [0.1, 0.15) is 11.1 Å². The maximum atomic E-state index is 11.9. The Kier molecular flexibility index (Phi) is 5.87. The molecule has 21 heavy (non-hydrogen) atoms. The first-order valence-corrected chi connectivity index (χ1v) is 8.78. The van der Waals surface area contributed by atoms with Gasteiger partial charge in [0.15, 0.2) is 0 Å². The molecule has 0 saturated heterocycles. The van der Waals surface area contributed by atoms with Gasteiger partial charge in [-0.05, 0) is 83.3 Å². The summed E-state index contributed by atoms with van der Waals surface area (Å²) in [4.78, 5) is 13.2. The van der Waals surface area contributed by atoms with Gasteiger partial charge in [0.1, 0.15) is 0 Å². The SMILES string of the molecule is CSc1ccc(C=CC(=O)Nc2ccc(I)cc2C)cc1. The van der Waals surface area contributed by atoms with E-state index in [4.69, 9.17) is 0 Å². The number of aryl methyl sites for hydroxylation is 1. The van der Waals surface area contributed by atoms with Gasteiger partial charge in [0.25, 0.3) is 0 Å². The van der Waals surface area contributed by atoms with Gasteiger partial charge in [0.2, 0.25) is 5.91 Å². The molecule has 0 aliphatic carbocycles. The van der Waals surface area contributed by atoms with Crippen LogP contribution in [0.2, 0.25) is 0 Å². The third-order valence-corrected chi connectivity index (χ3v) is 4.40. The van der Waals surface area contributed by atoms with E-state index in [0.717, 1.165) is 20.4 Å². The van der Waals surface area contributed by atoms with Gasteiger partial charge < -0.3 is 5.32 Å². The van der Waals surface area contributed by atoms with E-state index in [9.17, 15) is 4.79 Å². The molecule has 0 atom stereocenters. The van der Waals surface area contributed by atoms with E-state index < -0.39 is 0 Å². The fraction of sp³-hybridized carbons (Fsp3) is 0.118. The summed E-state index contributed by atoms with van der Waals surface area (Å²) in [5, 5.41) is 2.90. The lowest BCUT2D eigenvalue weighted by Gasteiger charge is -2.06. The summed E-state index contributed by atoms with van der Waals surface area (Å²) in [6.07, 6.45) is 5.43. The third kappa shape index (κ3) is 4.89. The van der Waals surface area contributed by atoms with Crippen LogP contribution in [-0.2, 0) is 4.79 Å². The first kappa shape index (κ1) is 16.1. The standard InChI is InChI=1S/C17H16INOS/c1-12-11-14(18)6-9-16(12)19-17(20)10-5-13-3-7-15(21-2)8-4-13/h3-11H,1-2H3,(H,19,20). The van der Waals surface area contributed by atoms with E-state index in [1.165, 1.54) is 4.90 Å². The molecule has 0 aliphatic rings. The number of rotatable bonds is 4. The Labute approximate surface area is 143 Å². The molecule has 0 radical (unpaired) electrons. The van der Waals surface area contributed by atoms with Gasteiger partial charge in [-0.25, -0.2) is 0 Å². The first-order chi connectivity index (χ1) is 10.1. The van der Waals surface area contributed by atoms with Gasteiger partial charge in [-0.1, -0.05) is 12.1 Å². The number of halogens is 1. The zero-order valence-electron chi connectivity index (χ0n) is 11.9. The predicted molar refractivity (Wildman–Crippen MR) is 99.8 cm³/mol. The number of amides is 1. The topological polar surface area (TPSA) is 29.1 Å². The molecule has 2 aromatic carbocycles. The smallest absolute Gasteiger partial charge is 0.248 e. The summed E-state index contributed by atoms with van der Waals surface area (Å²) >= 11 is 3.96. The number of thioether (sulfide) groups is 1. The van der Waals surface area contributed by atoms with Crippen molar-refractivity contribution in [3.05, 3.63) is 63.2 Å². The van der Waals surface area contributed by atoms with Crippen LogP contribution < -0.4 is 5.32 Å². The van der Waals surface area contributed by atoms with Crippen molar-refractivity contribution < 1.29 is 4.79 Å². The number of nitrogens with one attached hydrogen (secondary N) is 1. The van der Waals surface area contributed by atoms with E-state index in [1.807, 2.05) is 61.7 Å². The van der Waals surface area contributed by atoms with Crippen LogP contribution in [0.15, 0.2) is 53.4 Å². The maximum absolute atomic E-state index is 11.9. The second-order valence-electron chi connectivity index (χ2n) is 4.55. The fourth-order valence-electron chi connectivity index (χ4n) is 1.83. The van der Waals surface area contributed by atoms with Crippen LogP contribution in [0.5, 0.6) is 0 Å². The monoisotopic (exact) mass is 409 g/mol. The summed E-state index contributed by atoms with van der Waals surface area (Å²) < 4.78 is 1.16. The zero-order valence-corrected chi connectivity index (χ0v) is 14.9. The Hall–Kier alpha value is -1.27. The summed E-state index contributed by atoms with van der Waals surface area (Å²) in [5.41, 5.74) is 2.93. The van der Waals surface area contributed by atoms with Crippen molar-refractivity contribution in [1.29, 1.82) is 0 Å². The van der Waals surface area contributed by atoms with Gasteiger partial charge in [-0.3, -0.25) is 4.79 Å². The summed E-state index contributed by atoms with van der Waals surface area (Å²) in [5.74, 6) is -0.117. The zero-order chi connectivity index (χ0) is 15.2. The van der Waals surface area contributed by atoms with Crippen LogP contribution in [-0.4, -0.2) is 12.2 Å². The molecular weight excluding hydrogens is 393 g/mol. The van der Waals surface area contributed by atoms with E-state index in [1.54, 1.807) is 17.8 Å². The average molecular weight is 409 g/mol. The minimum atomic E-state index is -0.117. The molecular formula is C17H16INOS. The summed E-state index contributed by atoms with van der Waals surface area (Å²) in [6.45, 7) is 1.99. The van der Waals surface area contributed by atoms with Gasteiger partial charge >= 0.3 is 0 Å². The normalized spacial score (nSPS) is 10.8. The second kappa shape index (κ2) is 7.66. The molecule has 0 aliphatic heterocycles. The Balaban J connectivity index is 2.01. The predicted octanol–water partition coefficient (Wildman–Crippen LogP) is 4.97. The van der Waals surface area contributed by atoms with E-state index in [-0.39, 0.29) is 5.91 Å². The van der Waals surface area contributed by atoms with Crippen molar-refractivity contribution in [3.63, 3.8) is 0 Å². The van der Waals surface area contributed by atoms with Crippen molar-refractivity contribution in [2.45, 2.75) is 11.8 Å². The van der Waals surface area contributed by atoms with Gasteiger partial charge in [-0.15, -0.1) is 11.8 Å². The molecule has 0 spiro atoms. The van der Waals surface area contributed by atoms with Gasteiger partial charge in [-0.2, -0.15) is 0 Å². The van der Waals surface area contributed by atoms with Crippen molar-refractivity contribution in [1.82, 2.24) is 0 Å². The molecule has 2 rings (SSSR count). The van der Waals surface area contributed by atoms with E-state index in [0.29, 0.717) is 0 Å². The molecule has 0 aromatic heterocycles. The van der Waals surface area contributed by atoms with Crippen LogP contribution in [0, 0.1) is 10.5 Å². The number of anilines is 1. The molecule has 0 unspecified atom stereocenters. The minimum Gasteiger partial charge on any atom is -0.322 e. The van der Waals surface area contributed by atoms with Crippen LogP contribution in [0.25, 0.3) is 6.08 Å². The summed E-state index contributed by atoms with van der Waals surface area (Å²) in [6, 6.07) is 14.1. The second-order valence-corrected chi connectivity index (χ2v) is 6.68. The van der Waals surface area contributed by atoms with Crippen LogP contribution >= 0.6 is 34.4 Å². The Morgan fingerprint density at radius 3 is 2.52 bits per heavy atom. The number of hydrogen-bond acceptors (Lipinski definition) is 2. The highest BCUT2D eigenvalue weighted by Crippen LogP contribution is 2.18. The molecule has 4 heteroatoms. The maximum Gasteiger partial charge on any atom is 0.248 e. The lowest BCUT2D eigenvalue weighted by molar-refractivity contribution is -0.111. The van der Waals surface area contributed by atoms with Crippen molar-refractivity contribution >= 4 is 52.0 Å². The third-order valence-electron chi connectivity index (χ3n) is 2.99. The van der Waals surface area contributed by atoms with Crippen molar-refractivity contribution in [3.8, 4) is 0 Å². The van der Waals surface area contributed by atoms with Gasteiger partial charge in [0.05, 0.1) is 0 Å². The molecule has 0 bridgehead atoms. The Morgan fingerprint density at radius 1 is 1.19 bits per heavy atom. The molecule has 2 nitrogen and oxygen atoms in total. The first-order valence-electron chi connectivity index (χ1n) is 6.48. The Morgan fingerprint density at radius 2 is 1.90 bits per heavy atom. The number of carbonyl (C=O) groups excluding carboxylic acids is 1. The lowest BCUT2D eigenvalue weighted by Crippen LogP contribution is -2.08. The molecule has 1 N–H and O–H groups in total. The number of hydrogen-bond donors (Lipinski definition) is 1. The largest absolute Gasteiger partial charge is 0.322 e. The molecule has 108 valence electrons. The average Bonchev–Trinajstić information content (AvgIpc) is 2.48. The van der Waals surface area contributed by atoms with E-state index in [2.05, 4.69) is 27.9 Å². The fourth-order valence-corrected chi connectivity index (χ4v) is 2.88. The van der Waals surface area contributed by atoms with Crippen LogP contribution in [0.3, 0.4) is 0 Å². The lowest BCUT2D eigenvalue weighted by atomic mass is 10.2. The minimum absolute atomic E-state index is 0.117. The van der Waals surface area contributed by atoms with E-state index >= 15 is 0 Å². The quantitative estimate of drug-likeness (QED) is 0.439. The number of benzene rings is 2. The van der Waals surface area contributed by atoms with Gasteiger partial charge in [0, 0.05) is 20.2 Å². The Bertz CT molecular complexity index is 665. The highest BCUT2D eigenvalue weighted by molar-refractivity contribution is 14.1. The molecule has 2 aromatic rings. The summed E-state index contributed by atoms with van der Waals surface area (Å²) in [7, 11) is 0. The molecule has 0 heterocycles.